The molecular formula is C25H35ClO6. The summed E-state index contributed by atoms with van der Waals surface area (Å²) in [5, 5.41) is 31.5. The smallest absolute Gasteiger partial charge is 0.306 e. The molecule has 1 saturated carbocycles. The van der Waals surface area contributed by atoms with Gasteiger partial charge in [0.25, 0.3) is 0 Å². The van der Waals surface area contributed by atoms with Gasteiger partial charge in [-0.05, 0) is 57.2 Å². The van der Waals surface area contributed by atoms with Crippen molar-refractivity contribution in [3.63, 3.8) is 0 Å². The summed E-state index contributed by atoms with van der Waals surface area (Å²) in [5.74, 6) is -0.00598. The molecule has 5 unspecified atom stereocenters. The van der Waals surface area contributed by atoms with Gasteiger partial charge in [-0.1, -0.05) is 42.0 Å². The first-order valence-corrected chi connectivity index (χ1v) is 11.6. The van der Waals surface area contributed by atoms with E-state index in [0.29, 0.717) is 36.5 Å². The highest BCUT2D eigenvalue weighted by molar-refractivity contribution is 6.30. The summed E-state index contributed by atoms with van der Waals surface area (Å²) in [6.07, 6.45) is 7.90. The highest BCUT2D eigenvalue weighted by Gasteiger charge is 2.39. The molecule has 32 heavy (non-hydrogen) atoms. The van der Waals surface area contributed by atoms with Crippen LogP contribution in [0.2, 0.25) is 5.02 Å². The number of hydrogen-bond acceptors (Lipinski definition) is 6. The number of hydrogen-bond donors (Lipinski definition) is 3. The van der Waals surface area contributed by atoms with E-state index >= 15 is 0 Å². The lowest BCUT2D eigenvalue weighted by Crippen LogP contribution is -2.21. The number of rotatable bonds is 12. The summed E-state index contributed by atoms with van der Waals surface area (Å²) < 4.78 is 10.6. The van der Waals surface area contributed by atoms with E-state index in [9.17, 15) is 20.1 Å². The molecule has 1 aromatic rings. The van der Waals surface area contributed by atoms with E-state index in [0.717, 1.165) is 6.42 Å². The maximum absolute atomic E-state index is 11.5. The van der Waals surface area contributed by atoms with E-state index in [1.807, 2.05) is 26.0 Å². The van der Waals surface area contributed by atoms with Crippen LogP contribution in [0.5, 0.6) is 5.75 Å². The van der Waals surface area contributed by atoms with E-state index in [4.69, 9.17) is 21.1 Å². The second kappa shape index (κ2) is 13.6. The Hall–Kier alpha value is -1.86. The fraction of sp³-hybridized carbons (Fsp3) is 0.560. The molecule has 0 bridgehead atoms. The van der Waals surface area contributed by atoms with E-state index < -0.39 is 18.3 Å². The van der Waals surface area contributed by atoms with Gasteiger partial charge in [0.1, 0.15) is 18.5 Å². The lowest BCUT2D eigenvalue weighted by molar-refractivity contribution is -0.147. The van der Waals surface area contributed by atoms with Gasteiger partial charge in [-0.3, -0.25) is 4.79 Å². The number of allylic oxidation sites excluding steroid dienone is 2. The van der Waals surface area contributed by atoms with Crippen molar-refractivity contribution in [1.29, 1.82) is 0 Å². The molecule has 1 aliphatic rings. The topological polar surface area (TPSA) is 96.2 Å². The zero-order valence-corrected chi connectivity index (χ0v) is 19.5. The minimum absolute atomic E-state index is 0.0615. The average Bonchev–Trinajstić information content (AvgIpc) is 2.99. The molecule has 0 saturated heterocycles. The number of esters is 1. The molecule has 178 valence electrons. The van der Waals surface area contributed by atoms with Crippen molar-refractivity contribution in [2.45, 2.75) is 70.4 Å². The molecular weight excluding hydrogens is 432 g/mol. The number of aliphatic hydroxyl groups excluding tert-OH is 3. The lowest BCUT2D eigenvalue weighted by Gasteiger charge is -2.19. The molecule has 0 aliphatic heterocycles. The number of ether oxygens (including phenoxy) is 2. The van der Waals surface area contributed by atoms with E-state index in [2.05, 4.69) is 0 Å². The Morgan fingerprint density at radius 2 is 2.03 bits per heavy atom. The third-order valence-electron chi connectivity index (χ3n) is 5.38. The molecule has 6 nitrogen and oxygen atoms in total. The molecule has 0 spiro atoms. The quantitative estimate of drug-likeness (QED) is 0.244. The van der Waals surface area contributed by atoms with Crippen LogP contribution in [0.15, 0.2) is 48.6 Å². The normalized spacial score (nSPS) is 24.5. The van der Waals surface area contributed by atoms with Crippen LogP contribution in [0.25, 0.3) is 0 Å². The molecule has 1 fully saturated rings. The standard InChI is InChI=1S/C25H35ClO6/c1-17(2)32-25(30)11-6-4-3-5-10-21-22(24(29)15-23(21)28)13-12-19(27)16-31-20-9-7-8-18(26)14-20/h3,5,7-9,12-14,17,19,21-24,27-29H,4,6,10-11,15-16H2,1-2H3/b5-3+,13-12+. The molecule has 3 N–H and O–H groups in total. The monoisotopic (exact) mass is 466 g/mol. The van der Waals surface area contributed by atoms with Crippen molar-refractivity contribution in [2.24, 2.45) is 11.8 Å². The summed E-state index contributed by atoms with van der Waals surface area (Å²) in [6, 6.07) is 6.94. The third kappa shape index (κ3) is 9.33. The van der Waals surface area contributed by atoms with Gasteiger partial charge < -0.3 is 24.8 Å². The van der Waals surface area contributed by atoms with Crippen molar-refractivity contribution in [3.05, 3.63) is 53.6 Å². The maximum Gasteiger partial charge on any atom is 0.306 e. The molecule has 2 rings (SSSR count). The number of unbranched alkanes of at least 4 members (excludes halogenated alkanes) is 1. The van der Waals surface area contributed by atoms with Gasteiger partial charge in [-0.15, -0.1) is 0 Å². The molecule has 1 aromatic carbocycles. The van der Waals surface area contributed by atoms with Crippen LogP contribution in [0, 0.1) is 11.8 Å². The Kier molecular flexibility index (Phi) is 11.2. The second-order valence-corrected chi connectivity index (χ2v) is 8.91. The van der Waals surface area contributed by atoms with Crippen molar-refractivity contribution in [3.8, 4) is 5.75 Å². The van der Waals surface area contributed by atoms with Gasteiger partial charge in [-0.25, -0.2) is 0 Å². The van der Waals surface area contributed by atoms with Gasteiger partial charge >= 0.3 is 5.97 Å². The molecule has 5 atom stereocenters. The van der Waals surface area contributed by atoms with E-state index in [1.54, 1.807) is 36.4 Å². The minimum atomic E-state index is -0.847. The molecule has 0 amide bonds. The van der Waals surface area contributed by atoms with Crippen LogP contribution in [-0.4, -0.2) is 52.3 Å². The number of aliphatic hydroxyl groups is 3. The molecule has 0 aromatic heterocycles. The van der Waals surface area contributed by atoms with E-state index in [-0.39, 0.29) is 30.5 Å². The van der Waals surface area contributed by atoms with Crippen LogP contribution in [0.3, 0.4) is 0 Å². The zero-order chi connectivity index (χ0) is 23.5. The van der Waals surface area contributed by atoms with Crippen molar-refractivity contribution in [2.75, 3.05) is 6.61 Å². The highest BCUT2D eigenvalue weighted by Crippen LogP contribution is 2.36. The largest absolute Gasteiger partial charge is 0.491 e. The van der Waals surface area contributed by atoms with Crippen molar-refractivity contribution >= 4 is 17.6 Å². The summed E-state index contributed by atoms with van der Waals surface area (Å²) in [6.45, 7) is 3.72. The predicted molar refractivity (Wildman–Crippen MR) is 125 cm³/mol. The van der Waals surface area contributed by atoms with Crippen molar-refractivity contribution in [1.82, 2.24) is 0 Å². The SMILES string of the molecule is CC(C)OC(=O)CCC/C=C/CC1C(O)CC(O)C1/C=C/C(O)COc1cccc(Cl)c1. The van der Waals surface area contributed by atoms with Crippen LogP contribution >= 0.6 is 11.6 Å². The molecule has 0 radical (unpaired) electrons. The third-order valence-corrected chi connectivity index (χ3v) is 5.62. The Balaban J connectivity index is 1.78. The van der Waals surface area contributed by atoms with Crippen LogP contribution in [0.4, 0.5) is 0 Å². The summed E-state index contributed by atoms with van der Waals surface area (Å²) in [5.41, 5.74) is 0. The fourth-order valence-corrected chi connectivity index (χ4v) is 3.99. The van der Waals surface area contributed by atoms with Crippen LogP contribution < -0.4 is 4.74 Å². The molecule has 1 aliphatic carbocycles. The summed E-state index contributed by atoms with van der Waals surface area (Å²) in [7, 11) is 0. The van der Waals surface area contributed by atoms with Crippen LogP contribution in [-0.2, 0) is 9.53 Å². The number of halogens is 1. The van der Waals surface area contributed by atoms with Gasteiger partial charge in [0.05, 0.1) is 18.3 Å². The van der Waals surface area contributed by atoms with Gasteiger partial charge in [-0.2, -0.15) is 0 Å². The molecule has 7 heteroatoms. The second-order valence-electron chi connectivity index (χ2n) is 8.47. The Morgan fingerprint density at radius 1 is 1.25 bits per heavy atom. The first-order chi connectivity index (χ1) is 15.3. The average molecular weight is 467 g/mol. The van der Waals surface area contributed by atoms with Crippen molar-refractivity contribution < 1.29 is 29.6 Å². The van der Waals surface area contributed by atoms with Gasteiger partial charge in [0.15, 0.2) is 0 Å². The lowest BCUT2D eigenvalue weighted by atomic mass is 9.89. The highest BCUT2D eigenvalue weighted by atomic mass is 35.5. The summed E-state index contributed by atoms with van der Waals surface area (Å²) in [4.78, 5) is 11.5. The Labute approximate surface area is 195 Å². The van der Waals surface area contributed by atoms with Gasteiger partial charge in [0.2, 0.25) is 0 Å². The first kappa shape index (κ1) is 26.4. The van der Waals surface area contributed by atoms with Gasteiger partial charge in [0, 0.05) is 23.8 Å². The summed E-state index contributed by atoms with van der Waals surface area (Å²) >= 11 is 5.92. The maximum atomic E-state index is 11.5. The molecule has 0 heterocycles. The van der Waals surface area contributed by atoms with Crippen LogP contribution in [0.1, 0.15) is 46.0 Å². The fourth-order valence-electron chi connectivity index (χ4n) is 3.81. The Morgan fingerprint density at radius 3 is 2.75 bits per heavy atom. The van der Waals surface area contributed by atoms with E-state index in [1.165, 1.54) is 0 Å². The first-order valence-electron chi connectivity index (χ1n) is 11.2. The number of benzene rings is 1. The zero-order valence-electron chi connectivity index (χ0n) is 18.8. The number of carbonyl (C=O) groups excluding carboxylic acids is 1. The Bertz CT molecular complexity index is 763. The predicted octanol–water partition coefficient (Wildman–Crippen LogP) is 4.06. The minimum Gasteiger partial charge on any atom is -0.491 e. The number of carbonyl (C=O) groups is 1.